The van der Waals surface area contributed by atoms with Gasteiger partial charge in [-0.15, -0.1) is 0 Å². The van der Waals surface area contributed by atoms with E-state index in [1.54, 1.807) is 12.4 Å². The maximum atomic E-state index is 4.59. The van der Waals surface area contributed by atoms with Gasteiger partial charge in [0.1, 0.15) is 11.6 Å². The summed E-state index contributed by atoms with van der Waals surface area (Å²) in [7, 11) is 0. The smallest absolute Gasteiger partial charge is 0.168 e. The highest BCUT2D eigenvalue weighted by molar-refractivity contribution is 5.87. The highest BCUT2D eigenvalue weighted by Gasteiger charge is 2.12. The third-order valence-electron chi connectivity index (χ3n) is 4.00. The first-order valence-corrected chi connectivity index (χ1v) is 8.13. The lowest BCUT2D eigenvalue weighted by Crippen LogP contribution is -2.05. The Balaban J connectivity index is 1.72. The Morgan fingerprint density at radius 3 is 2.60 bits per heavy atom. The molecule has 0 spiro atoms. The fourth-order valence-electron chi connectivity index (χ4n) is 2.72. The van der Waals surface area contributed by atoms with E-state index < -0.39 is 0 Å². The number of nitrogens with zero attached hydrogens (tertiary/aromatic N) is 5. The summed E-state index contributed by atoms with van der Waals surface area (Å²) in [6, 6.07) is 12.2. The minimum atomic E-state index is 0.648. The lowest BCUT2D eigenvalue weighted by molar-refractivity contribution is 0.889. The summed E-state index contributed by atoms with van der Waals surface area (Å²) < 4.78 is 1.85. The quantitative estimate of drug-likeness (QED) is 0.621. The van der Waals surface area contributed by atoms with Crippen molar-refractivity contribution >= 4 is 16.9 Å². The van der Waals surface area contributed by atoms with Gasteiger partial charge in [-0.3, -0.25) is 4.98 Å². The zero-order chi connectivity index (χ0) is 17.2. The summed E-state index contributed by atoms with van der Waals surface area (Å²) in [6.45, 7) is 4.61. The summed E-state index contributed by atoms with van der Waals surface area (Å²) in [4.78, 5) is 13.3. The lowest BCUT2D eigenvalue weighted by Gasteiger charge is -2.08. The van der Waals surface area contributed by atoms with E-state index >= 15 is 0 Å². The maximum absolute atomic E-state index is 4.59. The second-order valence-electron chi connectivity index (χ2n) is 5.96. The van der Waals surface area contributed by atoms with Crippen LogP contribution in [0.3, 0.4) is 0 Å². The Labute approximate surface area is 145 Å². The highest BCUT2D eigenvalue weighted by atomic mass is 15.3. The number of nitrogens with one attached hydrogen (secondary N) is 1. The standard InChI is InChI=1S/C19H18N6/c1-13-5-7-16(8-6-13)25-19-17(12-22-25)18(23-14(2)24-19)21-11-15-4-3-9-20-10-15/h3-10,12H,11H2,1-2H3,(H,21,23,24). The number of fused-ring (bicyclic) bond motifs is 1. The van der Waals surface area contributed by atoms with Crippen LogP contribution in [0.25, 0.3) is 16.7 Å². The van der Waals surface area contributed by atoms with Gasteiger partial charge < -0.3 is 5.32 Å². The van der Waals surface area contributed by atoms with Crippen molar-refractivity contribution in [1.82, 2.24) is 24.7 Å². The second kappa shape index (κ2) is 6.32. The van der Waals surface area contributed by atoms with Gasteiger partial charge in [0.15, 0.2) is 5.65 Å². The monoisotopic (exact) mass is 330 g/mol. The molecule has 0 aliphatic rings. The molecule has 0 saturated heterocycles. The summed E-state index contributed by atoms with van der Waals surface area (Å²) in [6.07, 6.45) is 5.41. The molecule has 0 unspecified atom stereocenters. The van der Waals surface area contributed by atoms with Crippen molar-refractivity contribution in [2.45, 2.75) is 20.4 Å². The molecule has 0 aliphatic carbocycles. The van der Waals surface area contributed by atoms with Gasteiger partial charge in [-0.05, 0) is 37.6 Å². The molecule has 6 nitrogen and oxygen atoms in total. The Bertz CT molecular complexity index is 1010. The molecular formula is C19H18N6. The Hall–Kier alpha value is -3.28. The van der Waals surface area contributed by atoms with Crippen LogP contribution in [0.15, 0.2) is 55.0 Å². The average Bonchev–Trinajstić information content (AvgIpc) is 3.05. The van der Waals surface area contributed by atoms with Crippen LogP contribution < -0.4 is 5.32 Å². The normalized spacial score (nSPS) is 11.0. The van der Waals surface area contributed by atoms with Gasteiger partial charge in [0, 0.05) is 18.9 Å². The molecule has 124 valence electrons. The molecule has 0 bridgehead atoms. The second-order valence-corrected chi connectivity index (χ2v) is 5.96. The number of rotatable bonds is 4. The molecule has 4 rings (SSSR count). The Morgan fingerprint density at radius 1 is 1.00 bits per heavy atom. The van der Waals surface area contributed by atoms with Crippen molar-refractivity contribution in [1.29, 1.82) is 0 Å². The molecule has 6 heteroatoms. The third kappa shape index (κ3) is 3.06. The number of aryl methyl sites for hydroxylation is 2. The van der Waals surface area contributed by atoms with E-state index in [9.17, 15) is 0 Å². The van der Waals surface area contributed by atoms with Crippen molar-refractivity contribution in [3.05, 3.63) is 71.9 Å². The Kier molecular flexibility index (Phi) is 3.85. The van der Waals surface area contributed by atoms with Crippen LogP contribution >= 0.6 is 0 Å². The summed E-state index contributed by atoms with van der Waals surface area (Å²) >= 11 is 0. The highest BCUT2D eigenvalue weighted by Crippen LogP contribution is 2.23. The number of anilines is 1. The van der Waals surface area contributed by atoms with Crippen molar-refractivity contribution in [3.63, 3.8) is 0 Å². The van der Waals surface area contributed by atoms with Gasteiger partial charge >= 0.3 is 0 Å². The van der Waals surface area contributed by atoms with Crippen LogP contribution in [-0.2, 0) is 6.54 Å². The van der Waals surface area contributed by atoms with E-state index in [0.717, 1.165) is 28.1 Å². The molecule has 0 fully saturated rings. The minimum absolute atomic E-state index is 0.648. The van der Waals surface area contributed by atoms with Crippen LogP contribution in [0.1, 0.15) is 17.0 Å². The molecule has 3 heterocycles. The summed E-state index contributed by atoms with van der Waals surface area (Å²) in [5.74, 6) is 1.49. The van der Waals surface area contributed by atoms with Crippen LogP contribution in [0, 0.1) is 13.8 Å². The number of aromatic nitrogens is 5. The first kappa shape index (κ1) is 15.3. The molecule has 1 aromatic carbocycles. The molecule has 0 saturated carbocycles. The minimum Gasteiger partial charge on any atom is -0.365 e. The Morgan fingerprint density at radius 2 is 1.84 bits per heavy atom. The largest absolute Gasteiger partial charge is 0.365 e. The van der Waals surface area contributed by atoms with Crippen molar-refractivity contribution in [3.8, 4) is 5.69 Å². The SMILES string of the molecule is Cc1ccc(-n2ncc3c(NCc4cccnc4)nc(C)nc32)cc1. The third-order valence-corrected chi connectivity index (χ3v) is 4.00. The van der Waals surface area contributed by atoms with Crippen LogP contribution in [-0.4, -0.2) is 24.7 Å². The van der Waals surface area contributed by atoms with Gasteiger partial charge in [-0.2, -0.15) is 5.10 Å². The van der Waals surface area contributed by atoms with Crippen LogP contribution in [0.5, 0.6) is 0 Å². The van der Waals surface area contributed by atoms with Crippen LogP contribution in [0.2, 0.25) is 0 Å². The van der Waals surface area contributed by atoms with Crippen molar-refractivity contribution in [2.75, 3.05) is 5.32 Å². The molecule has 0 amide bonds. The summed E-state index contributed by atoms with van der Waals surface area (Å²) in [5.41, 5.74) is 4.09. The number of pyridine rings is 1. The van der Waals surface area contributed by atoms with Gasteiger partial charge in [-0.25, -0.2) is 14.6 Å². The van der Waals surface area contributed by atoms with E-state index in [1.165, 1.54) is 5.56 Å². The van der Waals surface area contributed by atoms with E-state index in [1.807, 2.05) is 42.1 Å². The molecule has 25 heavy (non-hydrogen) atoms. The predicted molar refractivity (Wildman–Crippen MR) is 97.7 cm³/mol. The van der Waals surface area contributed by atoms with Gasteiger partial charge in [0.2, 0.25) is 0 Å². The number of hydrogen-bond acceptors (Lipinski definition) is 5. The topological polar surface area (TPSA) is 68.5 Å². The van der Waals surface area contributed by atoms with Crippen molar-refractivity contribution in [2.24, 2.45) is 0 Å². The molecular weight excluding hydrogens is 312 g/mol. The van der Waals surface area contributed by atoms with E-state index in [2.05, 4.69) is 44.4 Å². The first-order valence-electron chi connectivity index (χ1n) is 8.13. The number of hydrogen-bond donors (Lipinski definition) is 1. The van der Waals surface area contributed by atoms with E-state index in [4.69, 9.17) is 0 Å². The van der Waals surface area contributed by atoms with E-state index in [0.29, 0.717) is 12.4 Å². The van der Waals surface area contributed by atoms with Crippen molar-refractivity contribution < 1.29 is 0 Å². The van der Waals surface area contributed by atoms with Gasteiger partial charge in [0.25, 0.3) is 0 Å². The predicted octanol–water partition coefficient (Wildman–Crippen LogP) is 3.44. The maximum Gasteiger partial charge on any atom is 0.168 e. The number of benzene rings is 1. The van der Waals surface area contributed by atoms with Crippen LogP contribution in [0.4, 0.5) is 5.82 Å². The molecule has 0 aliphatic heterocycles. The fraction of sp³-hybridized carbons (Fsp3) is 0.158. The first-order chi connectivity index (χ1) is 12.2. The zero-order valence-electron chi connectivity index (χ0n) is 14.1. The lowest BCUT2D eigenvalue weighted by atomic mass is 10.2. The fourth-order valence-corrected chi connectivity index (χ4v) is 2.72. The molecule has 0 atom stereocenters. The zero-order valence-corrected chi connectivity index (χ0v) is 14.1. The molecule has 1 N–H and O–H groups in total. The molecule has 3 aromatic heterocycles. The molecule has 4 aromatic rings. The van der Waals surface area contributed by atoms with E-state index in [-0.39, 0.29) is 0 Å². The van der Waals surface area contributed by atoms with Gasteiger partial charge in [0.05, 0.1) is 17.3 Å². The van der Waals surface area contributed by atoms with Gasteiger partial charge in [-0.1, -0.05) is 23.8 Å². The summed E-state index contributed by atoms with van der Waals surface area (Å²) in [5, 5.41) is 8.79. The average molecular weight is 330 g/mol. The molecule has 0 radical (unpaired) electrons.